The van der Waals surface area contributed by atoms with E-state index in [0.717, 1.165) is 22.3 Å². The molecule has 0 aliphatic heterocycles. The van der Waals surface area contributed by atoms with E-state index in [2.05, 4.69) is 6.07 Å². The van der Waals surface area contributed by atoms with E-state index in [1.54, 1.807) is 13.2 Å². The Morgan fingerprint density at radius 1 is 1.19 bits per heavy atom. The van der Waals surface area contributed by atoms with E-state index >= 15 is 0 Å². The number of rotatable bonds is 5. The standard InChI is InChI=1S/C18H20O3/c1-12-7-8-13(2)15(9-12)11-17(18(19)20)14-5-4-6-16(10-14)21-3/h4-10,17H,11H2,1-3H3,(H,19,20). The van der Waals surface area contributed by atoms with Gasteiger partial charge in [0.25, 0.3) is 0 Å². The van der Waals surface area contributed by atoms with E-state index in [1.165, 1.54) is 0 Å². The molecular formula is C18H20O3. The van der Waals surface area contributed by atoms with Gasteiger partial charge in [0.15, 0.2) is 0 Å². The number of aryl methyl sites for hydroxylation is 2. The van der Waals surface area contributed by atoms with Crippen LogP contribution in [0.3, 0.4) is 0 Å². The zero-order valence-electron chi connectivity index (χ0n) is 12.6. The predicted octanol–water partition coefficient (Wildman–Crippen LogP) is 3.72. The molecule has 3 nitrogen and oxygen atoms in total. The van der Waals surface area contributed by atoms with E-state index in [0.29, 0.717) is 12.2 Å². The largest absolute Gasteiger partial charge is 0.497 e. The number of carboxylic acids is 1. The summed E-state index contributed by atoms with van der Waals surface area (Å²) in [4.78, 5) is 11.7. The second-order valence-corrected chi connectivity index (χ2v) is 5.30. The lowest BCUT2D eigenvalue weighted by Crippen LogP contribution is -2.15. The van der Waals surface area contributed by atoms with Crippen LogP contribution in [0.2, 0.25) is 0 Å². The maximum atomic E-state index is 11.7. The van der Waals surface area contributed by atoms with E-state index < -0.39 is 11.9 Å². The first kappa shape index (κ1) is 15.1. The summed E-state index contributed by atoms with van der Waals surface area (Å²) in [6.45, 7) is 4.03. The van der Waals surface area contributed by atoms with Gasteiger partial charge in [-0.25, -0.2) is 0 Å². The van der Waals surface area contributed by atoms with Gasteiger partial charge in [-0.2, -0.15) is 0 Å². The summed E-state index contributed by atoms with van der Waals surface area (Å²) in [7, 11) is 1.58. The minimum Gasteiger partial charge on any atom is -0.497 e. The molecule has 2 aromatic rings. The van der Waals surface area contributed by atoms with E-state index in [1.807, 2.05) is 44.2 Å². The molecule has 0 radical (unpaired) electrons. The predicted molar refractivity (Wildman–Crippen MR) is 83.0 cm³/mol. The lowest BCUT2D eigenvalue weighted by atomic mass is 9.89. The van der Waals surface area contributed by atoms with Gasteiger partial charge in [0.2, 0.25) is 0 Å². The summed E-state index contributed by atoms with van der Waals surface area (Å²) in [6.07, 6.45) is 0.482. The zero-order valence-corrected chi connectivity index (χ0v) is 12.6. The zero-order chi connectivity index (χ0) is 15.4. The molecule has 2 rings (SSSR count). The van der Waals surface area contributed by atoms with Gasteiger partial charge in [0, 0.05) is 0 Å². The van der Waals surface area contributed by atoms with Gasteiger partial charge < -0.3 is 9.84 Å². The lowest BCUT2D eigenvalue weighted by Gasteiger charge is -2.16. The third-order valence-electron chi connectivity index (χ3n) is 3.72. The van der Waals surface area contributed by atoms with Gasteiger partial charge >= 0.3 is 5.97 Å². The molecule has 2 aromatic carbocycles. The highest BCUT2D eigenvalue weighted by Gasteiger charge is 2.21. The molecule has 0 aliphatic carbocycles. The normalized spacial score (nSPS) is 12.0. The number of ether oxygens (including phenoxy) is 1. The summed E-state index contributed by atoms with van der Waals surface area (Å²) >= 11 is 0. The number of hydrogen-bond acceptors (Lipinski definition) is 2. The molecule has 0 spiro atoms. The van der Waals surface area contributed by atoms with Crippen molar-refractivity contribution in [3.05, 3.63) is 64.7 Å². The highest BCUT2D eigenvalue weighted by molar-refractivity contribution is 5.76. The maximum Gasteiger partial charge on any atom is 0.311 e. The van der Waals surface area contributed by atoms with E-state index in [-0.39, 0.29) is 0 Å². The minimum atomic E-state index is -0.816. The smallest absolute Gasteiger partial charge is 0.311 e. The van der Waals surface area contributed by atoms with Crippen LogP contribution in [0.1, 0.15) is 28.2 Å². The maximum absolute atomic E-state index is 11.7. The van der Waals surface area contributed by atoms with Crippen LogP contribution in [0.15, 0.2) is 42.5 Å². The molecule has 21 heavy (non-hydrogen) atoms. The molecular weight excluding hydrogens is 264 g/mol. The van der Waals surface area contributed by atoms with E-state index in [9.17, 15) is 9.90 Å². The van der Waals surface area contributed by atoms with Crippen molar-refractivity contribution in [3.8, 4) is 5.75 Å². The van der Waals surface area contributed by atoms with E-state index in [4.69, 9.17) is 4.74 Å². The van der Waals surface area contributed by atoms with Gasteiger partial charge in [0.05, 0.1) is 13.0 Å². The van der Waals surface area contributed by atoms with Crippen molar-refractivity contribution in [1.29, 1.82) is 0 Å². The second kappa shape index (κ2) is 6.44. The van der Waals surface area contributed by atoms with Crippen LogP contribution >= 0.6 is 0 Å². The highest BCUT2D eigenvalue weighted by Crippen LogP contribution is 2.26. The molecule has 110 valence electrons. The third kappa shape index (κ3) is 3.63. The van der Waals surface area contributed by atoms with Crippen LogP contribution in [-0.2, 0) is 11.2 Å². The molecule has 3 heteroatoms. The Morgan fingerprint density at radius 3 is 2.62 bits per heavy atom. The van der Waals surface area contributed by atoms with Crippen LogP contribution in [0.25, 0.3) is 0 Å². The number of aliphatic carboxylic acids is 1. The number of hydrogen-bond donors (Lipinski definition) is 1. The molecule has 0 heterocycles. The molecule has 0 aliphatic rings. The van der Waals surface area contributed by atoms with Crippen LogP contribution < -0.4 is 4.74 Å². The SMILES string of the molecule is COc1cccc(C(Cc2cc(C)ccc2C)C(=O)O)c1. The Hall–Kier alpha value is -2.29. The van der Waals surface area contributed by atoms with Gasteiger partial charge in [0.1, 0.15) is 5.75 Å². The Bertz CT molecular complexity index is 647. The first-order valence-corrected chi connectivity index (χ1v) is 6.94. The highest BCUT2D eigenvalue weighted by atomic mass is 16.5. The van der Waals surface area contributed by atoms with Crippen molar-refractivity contribution in [2.45, 2.75) is 26.2 Å². The molecule has 0 saturated heterocycles. The molecule has 1 atom stereocenters. The monoisotopic (exact) mass is 284 g/mol. The number of methoxy groups -OCH3 is 1. The molecule has 0 fully saturated rings. The van der Waals surface area contributed by atoms with Crippen LogP contribution in [0.5, 0.6) is 5.75 Å². The fourth-order valence-electron chi connectivity index (χ4n) is 2.45. The van der Waals surface area contributed by atoms with Gasteiger partial charge in [-0.1, -0.05) is 35.9 Å². The van der Waals surface area contributed by atoms with Gasteiger partial charge in [-0.3, -0.25) is 4.79 Å². The number of benzene rings is 2. The summed E-state index contributed by atoms with van der Waals surface area (Å²) in [5, 5.41) is 9.57. The molecule has 1 unspecified atom stereocenters. The summed E-state index contributed by atoms with van der Waals surface area (Å²) in [6, 6.07) is 13.4. The first-order chi connectivity index (χ1) is 10.0. The lowest BCUT2D eigenvalue weighted by molar-refractivity contribution is -0.138. The molecule has 0 bridgehead atoms. The summed E-state index contributed by atoms with van der Waals surface area (Å²) in [5.41, 5.74) is 4.10. The average molecular weight is 284 g/mol. The van der Waals surface area contributed by atoms with Crippen LogP contribution in [0.4, 0.5) is 0 Å². The fraction of sp³-hybridized carbons (Fsp3) is 0.278. The topological polar surface area (TPSA) is 46.5 Å². The molecule has 0 aromatic heterocycles. The Labute approximate surface area is 125 Å². The van der Waals surface area contributed by atoms with Crippen molar-refractivity contribution >= 4 is 5.97 Å². The van der Waals surface area contributed by atoms with Crippen molar-refractivity contribution in [3.63, 3.8) is 0 Å². The third-order valence-corrected chi connectivity index (χ3v) is 3.72. The van der Waals surface area contributed by atoms with Crippen molar-refractivity contribution in [2.75, 3.05) is 7.11 Å². The Kier molecular flexibility index (Phi) is 4.63. The second-order valence-electron chi connectivity index (χ2n) is 5.30. The molecule has 1 N–H and O–H groups in total. The quantitative estimate of drug-likeness (QED) is 0.910. The van der Waals surface area contributed by atoms with Gasteiger partial charge in [-0.05, 0) is 49.1 Å². The van der Waals surface area contributed by atoms with Crippen molar-refractivity contribution < 1.29 is 14.6 Å². The average Bonchev–Trinajstić information content (AvgIpc) is 2.47. The summed E-state index contributed by atoms with van der Waals surface area (Å²) in [5.74, 6) is -0.704. The van der Waals surface area contributed by atoms with Crippen LogP contribution in [-0.4, -0.2) is 18.2 Å². The Morgan fingerprint density at radius 2 is 1.95 bits per heavy atom. The number of carbonyl (C=O) groups is 1. The molecule has 0 saturated carbocycles. The molecule has 0 amide bonds. The summed E-state index contributed by atoms with van der Waals surface area (Å²) < 4.78 is 5.18. The van der Waals surface area contributed by atoms with Gasteiger partial charge in [-0.15, -0.1) is 0 Å². The fourth-order valence-corrected chi connectivity index (χ4v) is 2.45. The van der Waals surface area contributed by atoms with Crippen molar-refractivity contribution in [1.82, 2.24) is 0 Å². The Balaban J connectivity index is 2.35. The van der Waals surface area contributed by atoms with Crippen molar-refractivity contribution in [2.24, 2.45) is 0 Å². The minimum absolute atomic E-state index is 0.482. The first-order valence-electron chi connectivity index (χ1n) is 6.94. The number of carboxylic acid groups (broad SMARTS) is 1. The van der Waals surface area contributed by atoms with Crippen LogP contribution in [0, 0.1) is 13.8 Å².